The average molecular weight is 266 g/mol. The average Bonchev–Trinajstić information content (AvgIpc) is 2.78. The molecule has 3 heteroatoms. The summed E-state index contributed by atoms with van der Waals surface area (Å²) in [4.78, 5) is 4.33. The molecule has 0 aromatic carbocycles. The summed E-state index contributed by atoms with van der Waals surface area (Å²) in [6.45, 7) is 3.40. The van der Waals surface area contributed by atoms with Gasteiger partial charge in [0, 0.05) is 24.4 Å². The van der Waals surface area contributed by atoms with E-state index in [4.69, 9.17) is 0 Å². The second-order valence-corrected chi connectivity index (χ2v) is 6.26. The molecule has 2 unspecified atom stereocenters. The lowest BCUT2D eigenvalue weighted by molar-refractivity contribution is 0.410. The van der Waals surface area contributed by atoms with Gasteiger partial charge in [-0.05, 0) is 25.2 Å². The number of aromatic nitrogens is 1. The van der Waals surface area contributed by atoms with Crippen LogP contribution < -0.4 is 5.32 Å². The number of thiazole rings is 1. The Hall–Kier alpha value is -0.410. The molecule has 1 N–H and O–H groups in total. The van der Waals surface area contributed by atoms with E-state index in [1.54, 1.807) is 11.3 Å². The summed E-state index contributed by atoms with van der Waals surface area (Å²) >= 11 is 1.70. The molecule has 2 nitrogen and oxygen atoms in total. The fourth-order valence-electron chi connectivity index (χ4n) is 3.04. The van der Waals surface area contributed by atoms with Crippen molar-refractivity contribution in [2.45, 2.75) is 64.3 Å². The van der Waals surface area contributed by atoms with E-state index in [-0.39, 0.29) is 0 Å². The van der Waals surface area contributed by atoms with Crippen molar-refractivity contribution in [3.8, 4) is 0 Å². The van der Waals surface area contributed by atoms with Crippen LogP contribution >= 0.6 is 11.3 Å². The zero-order valence-electron chi connectivity index (χ0n) is 11.5. The molecule has 1 aromatic heterocycles. The summed E-state index contributed by atoms with van der Waals surface area (Å²) in [6.07, 6.45) is 10.9. The molecule has 18 heavy (non-hydrogen) atoms. The van der Waals surface area contributed by atoms with Gasteiger partial charge < -0.3 is 5.32 Å². The largest absolute Gasteiger partial charge is 0.314 e. The van der Waals surface area contributed by atoms with Crippen molar-refractivity contribution in [2.75, 3.05) is 6.54 Å². The van der Waals surface area contributed by atoms with Crippen molar-refractivity contribution in [2.24, 2.45) is 5.92 Å². The van der Waals surface area contributed by atoms with Gasteiger partial charge in [-0.1, -0.05) is 32.6 Å². The van der Waals surface area contributed by atoms with E-state index >= 15 is 0 Å². The van der Waals surface area contributed by atoms with Crippen molar-refractivity contribution >= 4 is 11.3 Å². The second-order valence-electron chi connectivity index (χ2n) is 5.54. The van der Waals surface area contributed by atoms with Crippen molar-refractivity contribution in [3.63, 3.8) is 0 Å². The Bertz CT molecular complexity index is 310. The topological polar surface area (TPSA) is 24.9 Å². The third-order valence-electron chi connectivity index (χ3n) is 4.08. The van der Waals surface area contributed by atoms with Crippen LogP contribution in [-0.2, 0) is 6.42 Å². The van der Waals surface area contributed by atoms with Crippen molar-refractivity contribution in [1.82, 2.24) is 10.3 Å². The zero-order chi connectivity index (χ0) is 12.6. The van der Waals surface area contributed by atoms with Gasteiger partial charge >= 0.3 is 0 Å². The Labute approximate surface area is 115 Å². The maximum Gasteiger partial charge on any atom is 0.0794 e. The normalized spacial score (nSPS) is 24.9. The van der Waals surface area contributed by atoms with E-state index in [1.807, 2.05) is 5.51 Å². The Morgan fingerprint density at radius 3 is 3.06 bits per heavy atom. The van der Waals surface area contributed by atoms with Crippen LogP contribution in [0.2, 0.25) is 0 Å². The molecule has 1 aliphatic rings. The smallest absolute Gasteiger partial charge is 0.0794 e. The third-order valence-corrected chi connectivity index (χ3v) is 4.72. The Balaban J connectivity index is 1.64. The van der Waals surface area contributed by atoms with Gasteiger partial charge in [0.05, 0.1) is 11.2 Å². The monoisotopic (exact) mass is 266 g/mol. The summed E-state index contributed by atoms with van der Waals surface area (Å²) in [6, 6.07) is 0.755. The molecule has 0 aliphatic heterocycles. The third kappa shape index (κ3) is 4.69. The first-order valence-corrected chi connectivity index (χ1v) is 8.43. The van der Waals surface area contributed by atoms with Crippen LogP contribution in [0.1, 0.15) is 57.6 Å². The molecule has 1 heterocycles. The molecule has 0 amide bonds. The van der Waals surface area contributed by atoms with E-state index in [9.17, 15) is 0 Å². The van der Waals surface area contributed by atoms with Crippen LogP contribution in [0.25, 0.3) is 0 Å². The molecule has 2 atom stereocenters. The molecule has 102 valence electrons. The molecule has 1 aliphatic carbocycles. The van der Waals surface area contributed by atoms with Crippen molar-refractivity contribution in [1.29, 1.82) is 0 Å². The predicted molar refractivity (Wildman–Crippen MR) is 79.1 cm³/mol. The van der Waals surface area contributed by atoms with Crippen LogP contribution in [0, 0.1) is 5.92 Å². The van der Waals surface area contributed by atoms with Gasteiger partial charge in [0.1, 0.15) is 0 Å². The number of hydrogen-bond acceptors (Lipinski definition) is 3. The minimum atomic E-state index is 0.755. The van der Waals surface area contributed by atoms with Gasteiger partial charge in [-0.25, -0.2) is 4.98 Å². The maximum absolute atomic E-state index is 4.33. The van der Waals surface area contributed by atoms with Gasteiger partial charge in [-0.3, -0.25) is 0 Å². The van der Waals surface area contributed by atoms with E-state index in [1.165, 1.54) is 50.6 Å². The Morgan fingerprint density at radius 2 is 2.28 bits per heavy atom. The zero-order valence-corrected chi connectivity index (χ0v) is 12.3. The predicted octanol–water partition coefficient (Wildman–Crippen LogP) is 4.02. The fraction of sp³-hybridized carbons (Fsp3) is 0.800. The van der Waals surface area contributed by atoms with Gasteiger partial charge in [0.2, 0.25) is 0 Å². The minimum Gasteiger partial charge on any atom is -0.314 e. The molecular weight excluding hydrogens is 240 g/mol. The van der Waals surface area contributed by atoms with Crippen LogP contribution in [0.4, 0.5) is 0 Å². The number of rotatable bonds is 6. The molecule has 0 radical (unpaired) electrons. The molecule has 0 saturated heterocycles. The Morgan fingerprint density at radius 1 is 1.33 bits per heavy atom. The number of nitrogens with one attached hydrogen (secondary N) is 1. The van der Waals surface area contributed by atoms with Crippen LogP contribution in [0.3, 0.4) is 0 Å². The van der Waals surface area contributed by atoms with E-state index in [0.29, 0.717) is 0 Å². The van der Waals surface area contributed by atoms with E-state index in [0.717, 1.165) is 24.9 Å². The summed E-state index contributed by atoms with van der Waals surface area (Å²) in [5.74, 6) is 1.00. The summed E-state index contributed by atoms with van der Waals surface area (Å²) in [7, 11) is 0. The molecule has 0 spiro atoms. The molecule has 0 bridgehead atoms. The van der Waals surface area contributed by atoms with E-state index < -0.39 is 0 Å². The first-order valence-electron chi connectivity index (χ1n) is 7.49. The minimum absolute atomic E-state index is 0.755. The van der Waals surface area contributed by atoms with Crippen LogP contribution in [-0.4, -0.2) is 17.6 Å². The highest BCUT2D eigenvalue weighted by atomic mass is 32.1. The van der Waals surface area contributed by atoms with Gasteiger partial charge in [-0.15, -0.1) is 11.3 Å². The van der Waals surface area contributed by atoms with E-state index in [2.05, 4.69) is 22.6 Å². The number of nitrogens with zero attached hydrogens (tertiary/aromatic N) is 1. The summed E-state index contributed by atoms with van der Waals surface area (Å²) in [5, 5.41) is 5.89. The summed E-state index contributed by atoms with van der Waals surface area (Å²) < 4.78 is 0. The highest BCUT2D eigenvalue weighted by molar-refractivity contribution is 7.07. The number of hydrogen-bond donors (Lipinski definition) is 1. The standard InChI is InChI=1S/C15H26N2S/c1-2-4-13-5-3-6-14(8-7-13)16-10-9-15-11-18-12-17-15/h11-14,16H,2-10H2,1H3. The van der Waals surface area contributed by atoms with Gasteiger partial charge in [0.25, 0.3) is 0 Å². The fourth-order valence-corrected chi connectivity index (χ4v) is 3.64. The molecule has 1 fully saturated rings. The molecular formula is C15H26N2S. The SMILES string of the molecule is CCCC1CCCC(NCCc2cscn2)CC1. The lowest BCUT2D eigenvalue weighted by Gasteiger charge is -2.16. The Kier molecular flexibility index (Phi) is 6.15. The lowest BCUT2D eigenvalue weighted by atomic mass is 9.95. The lowest BCUT2D eigenvalue weighted by Crippen LogP contribution is -2.30. The van der Waals surface area contributed by atoms with Gasteiger partial charge in [-0.2, -0.15) is 0 Å². The molecule has 1 saturated carbocycles. The first kappa shape index (κ1) is 14.0. The van der Waals surface area contributed by atoms with Gasteiger partial charge in [0.15, 0.2) is 0 Å². The maximum atomic E-state index is 4.33. The van der Waals surface area contributed by atoms with Crippen molar-refractivity contribution < 1.29 is 0 Å². The molecule has 1 aromatic rings. The highest BCUT2D eigenvalue weighted by Crippen LogP contribution is 2.26. The van der Waals surface area contributed by atoms with Crippen molar-refractivity contribution in [3.05, 3.63) is 16.6 Å². The quantitative estimate of drug-likeness (QED) is 0.787. The second kappa shape index (κ2) is 7.90. The van der Waals surface area contributed by atoms with Crippen LogP contribution in [0.5, 0.6) is 0 Å². The van der Waals surface area contributed by atoms with Crippen LogP contribution in [0.15, 0.2) is 10.9 Å². The summed E-state index contributed by atoms with van der Waals surface area (Å²) in [5.41, 5.74) is 3.17. The first-order chi connectivity index (χ1) is 8.88. The molecule has 2 rings (SSSR count). The highest BCUT2D eigenvalue weighted by Gasteiger charge is 2.17.